The lowest BCUT2D eigenvalue weighted by molar-refractivity contribution is -0.132. The molecule has 1 aromatic rings. The van der Waals surface area contributed by atoms with Crippen LogP contribution < -0.4 is 10.6 Å². The minimum atomic E-state index is -3.95. The fourth-order valence-electron chi connectivity index (χ4n) is 5.84. The van der Waals surface area contributed by atoms with Gasteiger partial charge >= 0.3 is 0 Å². The summed E-state index contributed by atoms with van der Waals surface area (Å²) in [7, 11) is -1.04. The third kappa shape index (κ3) is 14.3. The highest BCUT2D eigenvalue weighted by molar-refractivity contribution is 7.89. The molecule has 2 rings (SSSR count). The van der Waals surface area contributed by atoms with E-state index in [0.29, 0.717) is 19.3 Å². The molecule has 0 aromatic heterocycles. The molecule has 1 aromatic carbocycles. The molecule has 0 bridgehead atoms. The number of halogens is 1. The first-order valence-electron chi connectivity index (χ1n) is 16.5. The van der Waals surface area contributed by atoms with Gasteiger partial charge in [0.05, 0.1) is 29.9 Å². The van der Waals surface area contributed by atoms with E-state index in [0.717, 1.165) is 42.0 Å². The summed E-state index contributed by atoms with van der Waals surface area (Å²) >= 11 is 0. The number of nitrogens with zero attached hydrogens (tertiary/aromatic N) is 2. The second kappa shape index (κ2) is 21.1. The van der Waals surface area contributed by atoms with Crippen LogP contribution in [0.4, 0.5) is 4.39 Å². The van der Waals surface area contributed by atoms with E-state index in [4.69, 9.17) is 12.8 Å². The molecular formula is C35H53FN4O6S. The minimum absolute atomic E-state index is 0.0316. The number of carbonyl (C=O) groups excluding carboxylic acids is 2. The quantitative estimate of drug-likeness (QED) is 0.0892. The van der Waals surface area contributed by atoms with Crippen LogP contribution in [-0.4, -0.2) is 104 Å². The van der Waals surface area contributed by atoms with Crippen LogP contribution >= 0.6 is 0 Å². The van der Waals surface area contributed by atoms with Gasteiger partial charge in [-0.1, -0.05) is 62.4 Å². The maximum atomic E-state index is 13.7. The normalized spacial score (nSPS) is 17.2. The van der Waals surface area contributed by atoms with Gasteiger partial charge in [0.15, 0.2) is 0 Å². The largest absolute Gasteiger partial charge is 0.390 e. The van der Waals surface area contributed by atoms with E-state index in [1.165, 1.54) is 19.0 Å². The highest BCUT2D eigenvalue weighted by Gasteiger charge is 2.35. The van der Waals surface area contributed by atoms with Gasteiger partial charge in [0.2, 0.25) is 21.8 Å². The fraction of sp³-hybridized carbons (Fsp3) is 0.657. The zero-order valence-corrected chi connectivity index (χ0v) is 28.6. The number of rotatable bonds is 21. The van der Waals surface area contributed by atoms with Crippen molar-refractivity contribution in [3.8, 4) is 24.7 Å². The molecule has 1 saturated carbocycles. The Morgan fingerprint density at radius 3 is 2.32 bits per heavy atom. The molecule has 5 atom stereocenters. The van der Waals surface area contributed by atoms with E-state index in [9.17, 15) is 32.6 Å². The van der Waals surface area contributed by atoms with Gasteiger partial charge in [-0.15, -0.1) is 24.7 Å². The summed E-state index contributed by atoms with van der Waals surface area (Å²) in [5.41, 5.74) is 0.732. The lowest BCUT2D eigenvalue weighted by Gasteiger charge is -2.33. The molecule has 1 aliphatic rings. The molecule has 262 valence electrons. The second-order valence-electron chi connectivity index (χ2n) is 12.7. The smallest absolute Gasteiger partial charge is 0.243 e. The Hall–Kier alpha value is -3.00. The van der Waals surface area contributed by atoms with Crippen molar-refractivity contribution in [3.63, 3.8) is 0 Å². The van der Waals surface area contributed by atoms with Crippen LogP contribution in [0.1, 0.15) is 69.8 Å². The highest BCUT2D eigenvalue weighted by atomic mass is 32.2. The fourth-order valence-corrected chi connectivity index (χ4v) is 7.23. The molecule has 47 heavy (non-hydrogen) atoms. The summed E-state index contributed by atoms with van der Waals surface area (Å²) in [6.07, 6.45) is 15.3. The molecule has 4 unspecified atom stereocenters. The summed E-state index contributed by atoms with van der Waals surface area (Å²) in [6.45, 7) is -0.530. The first kappa shape index (κ1) is 40.2. The number of amides is 2. The number of benzene rings is 1. The number of alkyl halides is 1. The molecule has 0 saturated heterocycles. The number of nitrogens with one attached hydrogen (secondary N) is 2. The lowest BCUT2D eigenvalue weighted by atomic mass is 9.82. The van der Waals surface area contributed by atoms with Crippen LogP contribution in [0.15, 0.2) is 30.3 Å². The van der Waals surface area contributed by atoms with E-state index in [1.54, 1.807) is 24.3 Å². The summed E-state index contributed by atoms with van der Waals surface area (Å²) in [5.74, 6) is 2.28. The van der Waals surface area contributed by atoms with Crippen LogP contribution in [0, 0.1) is 36.5 Å². The minimum Gasteiger partial charge on any atom is -0.390 e. The van der Waals surface area contributed by atoms with Crippen molar-refractivity contribution in [2.75, 3.05) is 39.7 Å². The molecular weight excluding hydrogens is 623 g/mol. The summed E-state index contributed by atoms with van der Waals surface area (Å²) < 4.78 is 40.6. The summed E-state index contributed by atoms with van der Waals surface area (Å²) in [6, 6.07) is 6.94. The Bertz CT molecular complexity index is 1280. The molecule has 4 N–H and O–H groups in total. The Labute approximate surface area is 280 Å². The topological polar surface area (TPSA) is 139 Å². The van der Waals surface area contributed by atoms with E-state index in [1.807, 2.05) is 6.07 Å². The molecule has 1 fully saturated rings. The molecule has 0 radical (unpaired) electrons. The van der Waals surface area contributed by atoms with Crippen LogP contribution in [0.2, 0.25) is 0 Å². The number of carbonyl (C=O) groups is 2. The molecule has 2 amide bonds. The van der Waals surface area contributed by atoms with Gasteiger partial charge in [0.1, 0.15) is 12.8 Å². The number of hydrogen-bond acceptors (Lipinski definition) is 7. The van der Waals surface area contributed by atoms with Crippen molar-refractivity contribution in [3.05, 3.63) is 35.9 Å². The van der Waals surface area contributed by atoms with Crippen molar-refractivity contribution in [1.29, 1.82) is 0 Å². The van der Waals surface area contributed by atoms with Gasteiger partial charge < -0.3 is 20.8 Å². The monoisotopic (exact) mass is 676 g/mol. The Morgan fingerprint density at radius 2 is 1.70 bits per heavy atom. The van der Waals surface area contributed by atoms with Gasteiger partial charge in [-0.25, -0.2) is 17.1 Å². The zero-order valence-electron chi connectivity index (χ0n) is 27.8. The molecule has 0 spiro atoms. The van der Waals surface area contributed by atoms with Crippen LogP contribution in [-0.2, 0) is 26.0 Å². The molecule has 10 nitrogen and oxygen atoms in total. The van der Waals surface area contributed by atoms with Crippen molar-refractivity contribution in [1.82, 2.24) is 19.8 Å². The van der Waals surface area contributed by atoms with Crippen molar-refractivity contribution >= 4 is 21.8 Å². The van der Waals surface area contributed by atoms with E-state index >= 15 is 0 Å². The number of sulfonamides is 1. The van der Waals surface area contributed by atoms with Gasteiger partial charge in [-0.05, 0) is 44.2 Å². The van der Waals surface area contributed by atoms with Gasteiger partial charge in [0.25, 0.3) is 0 Å². The number of terminal acetylenes is 2. The predicted molar refractivity (Wildman–Crippen MR) is 182 cm³/mol. The van der Waals surface area contributed by atoms with Crippen molar-refractivity contribution in [2.45, 2.75) is 94.9 Å². The number of likely N-dealkylation sites (N-methyl/N-ethyl adjacent to an activating group) is 2. The Kier molecular flexibility index (Phi) is 18.0. The van der Waals surface area contributed by atoms with Gasteiger partial charge in [0, 0.05) is 33.0 Å². The number of hydrogen-bond donors (Lipinski definition) is 4. The Morgan fingerprint density at radius 1 is 1.02 bits per heavy atom. The Balaban J connectivity index is 2.25. The molecule has 0 aliphatic heterocycles. The highest BCUT2D eigenvalue weighted by Crippen LogP contribution is 2.29. The summed E-state index contributed by atoms with van der Waals surface area (Å²) in [5, 5.41) is 27.4. The number of unbranched alkanes of at least 4 members (excludes halogenated alkanes) is 1. The van der Waals surface area contributed by atoms with Crippen LogP contribution in [0.25, 0.3) is 0 Å². The van der Waals surface area contributed by atoms with Crippen molar-refractivity contribution in [2.24, 2.45) is 11.8 Å². The third-order valence-corrected chi connectivity index (χ3v) is 10.8. The molecule has 0 heterocycles. The predicted octanol–water partition coefficient (Wildman–Crippen LogP) is 2.45. The third-order valence-electron chi connectivity index (χ3n) is 8.81. The number of aliphatic hydroxyl groups is 2. The molecule has 12 heteroatoms. The van der Waals surface area contributed by atoms with Crippen LogP contribution in [0.5, 0.6) is 0 Å². The molecule has 1 aliphatic carbocycles. The van der Waals surface area contributed by atoms with Crippen LogP contribution in [0.3, 0.4) is 0 Å². The van der Waals surface area contributed by atoms with E-state index in [2.05, 4.69) is 22.5 Å². The SMILES string of the molecule is C#CCCCC(O)C(O)C(CC1CCCCC1)NC(=O)[C@H](CC#C)NC(=O)C(Cc1ccccc1)CS(=O)(=O)N(C)CCN(C)CF. The summed E-state index contributed by atoms with van der Waals surface area (Å²) in [4.78, 5) is 28.7. The van der Waals surface area contributed by atoms with Gasteiger partial charge in [-0.2, -0.15) is 0 Å². The lowest BCUT2D eigenvalue weighted by Crippen LogP contribution is -2.56. The van der Waals surface area contributed by atoms with E-state index < -0.39 is 64.6 Å². The average molecular weight is 677 g/mol. The van der Waals surface area contributed by atoms with E-state index in [-0.39, 0.29) is 38.3 Å². The standard InChI is InChI=1S/C35H53FN4O6S/c1-5-7-10-20-32(41)33(42)31(24-28-18-13-9-14-19-28)38-35(44)30(15-6-2)37-34(43)29(23-27-16-11-8-12-17-27)25-47(45,46)40(4)22-21-39(3)26-36/h1-2,8,11-12,16-17,28-33,41-42H,7,9-10,13-15,18-26H2,3-4H3,(H,37,43)(H,38,44)/t29?,30-,31?,32?,33?/m0/s1. The first-order valence-corrected chi connectivity index (χ1v) is 18.1. The maximum absolute atomic E-state index is 13.7. The zero-order chi connectivity index (χ0) is 34.8. The average Bonchev–Trinajstić information content (AvgIpc) is 3.06. The van der Waals surface area contributed by atoms with Gasteiger partial charge in [-0.3, -0.25) is 14.5 Å². The second-order valence-corrected chi connectivity index (χ2v) is 14.8. The first-order chi connectivity index (χ1) is 22.4. The van der Waals surface area contributed by atoms with Crippen molar-refractivity contribution < 1.29 is 32.6 Å². The maximum Gasteiger partial charge on any atom is 0.243 e. The number of aliphatic hydroxyl groups excluding tert-OH is 2.